The first-order valence-electron chi connectivity index (χ1n) is 6.83. The molecule has 0 aliphatic carbocycles. The summed E-state index contributed by atoms with van der Waals surface area (Å²) in [6.07, 6.45) is 2.33. The fourth-order valence-corrected chi connectivity index (χ4v) is 2.28. The average molecular weight is 292 g/mol. The zero-order valence-corrected chi connectivity index (χ0v) is 12.2. The van der Waals surface area contributed by atoms with Crippen LogP contribution in [0.4, 0.5) is 0 Å². The van der Waals surface area contributed by atoms with E-state index in [2.05, 4.69) is 4.98 Å². The Morgan fingerprint density at radius 1 is 1.43 bits per heavy atom. The summed E-state index contributed by atoms with van der Waals surface area (Å²) >= 11 is 0. The number of aliphatic hydroxyl groups is 2. The number of methoxy groups -OCH3 is 1. The van der Waals surface area contributed by atoms with Crippen LogP contribution in [0.2, 0.25) is 0 Å². The van der Waals surface area contributed by atoms with Gasteiger partial charge in [-0.1, -0.05) is 0 Å². The molecule has 0 saturated heterocycles. The molecular weight excluding hydrogens is 272 g/mol. The summed E-state index contributed by atoms with van der Waals surface area (Å²) in [5.74, 6) is 0.589. The van der Waals surface area contributed by atoms with Crippen molar-refractivity contribution in [1.82, 2.24) is 9.55 Å². The van der Waals surface area contributed by atoms with Gasteiger partial charge in [-0.15, -0.1) is 0 Å². The van der Waals surface area contributed by atoms with Crippen molar-refractivity contribution < 1.29 is 14.9 Å². The van der Waals surface area contributed by atoms with Crippen molar-refractivity contribution in [2.75, 3.05) is 13.7 Å². The van der Waals surface area contributed by atoms with Crippen molar-refractivity contribution in [3.63, 3.8) is 0 Å². The van der Waals surface area contributed by atoms with E-state index in [1.807, 2.05) is 0 Å². The molecule has 2 rings (SSSR count). The van der Waals surface area contributed by atoms with E-state index in [0.717, 1.165) is 0 Å². The Labute approximate surface area is 122 Å². The van der Waals surface area contributed by atoms with Crippen LogP contribution >= 0.6 is 0 Å². The van der Waals surface area contributed by atoms with Crippen LogP contribution in [0.1, 0.15) is 19.8 Å². The van der Waals surface area contributed by atoms with E-state index in [9.17, 15) is 9.90 Å². The van der Waals surface area contributed by atoms with Crippen LogP contribution in [0.5, 0.6) is 5.75 Å². The second kappa shape index (κ2) is 6.24. The predicted molar refractivity (Wildman–Crippen MR) is 79.5 cm³/mol. The van der Waals surface area contributed by atoms with E-state index in [1.165, 1.54) is 18.0 Å². The molecule has 0 bridgehead atoms. The van der Waals surface area contributed by atoms with Crippen molar-refractivity contribution in [1.29, 1.82) is 0 Å². The van der Waals surface area contributed by atoms with Gasteiger partial charge < -0.3 is 14.9 Å². The molecule has 0 spiro atoms. The lowest BCUT2D eigenvalue weighted by Gasteiger charge is -2.23. The number of aliphatic hydroxyl groups excluding tert-OH is 1. The van der Waals surface area contributed by atoms with Gasteiger partial charge in [0.25, 0.3) is 5.56 Å². The van der Waals surface area contributed by atoms with E-state index in [4.69, 9.17) is 9.84 Å². The van der Waals surface area contributed by atoms with Crippen molar-refractivity contribution in [2.24, 2.45) is 0 Å². The molecular formula is C15H20N2O4. The van der Waals surface area contributed by atoms with Crippen molar-refractivity contribution >= 4 is 10.9 Å². The third-order valence-electron chi connectivity index (χ3n) is 3.42. The highest BCUT2D eigenvalue weighted by molar-refractivity contribution is 5.78. The van der Waals surface area contributed by atoms with Gasteiger partial charge in [-0.3, -0.25) is 9.36 Å². The maximum atomic E-state index is 12.5. The van der Waals surface area contributed by atoms with Gasteiger partial charge in [0.15, 0.2) is 0 Å². The molecule has 6 heteroatoms. The first-order chi connectivity index (χ1) is 9.96. The summed E-state index contributed by atoms with van der Waals surface area (Å²) in [6.45, 7) is 1.79. The van der Waals surface area contributed by atoms with E-state index in [0.29, 0.717) is 29.5 Å². The minimum Gasteiger partial charge on any atom is -0.497 e. The third-order valence-corrected chi connectivity index (χ3v) is 3.42. The smallest absolute Gasteiger partial charge is 0.261 e. The number of hydrogen-bond acceptors (Lipinski definition) is 5. The monoisotopic (exact) mass is 292 g/mol. The number of fused-ring (bicyclic) bond motifs is 1. The molecule has 2 N–H and O–H groups in total. The Bertz CT molecular complexity index is 679. The van der Waals surface area contributed by atoms with Gasteiger partial charge in [0.1, 0.15) is 5.75 Å². The number of rotatable bonds is 6. The molecule has 21 heavy (non-hydrogen) atoms. The van der Waals surface area contributed by atoms with Crippen LogP contribution in [0.3, 0.4) is 0 Å². The van der Waals surface area contributed by atoms with E-state index < -0.39 is 5.60 Å². The Morgan fingerprint density at radius 3 is 2.86 bits per heavy atom. The second-order valence-electron chi connectivity index (χ2n) is 5.38. The summed E-state index contributed by atoms with van der Waals surface area (Å²) in [5.41, 5.74) is -0.698. The Morgan fingerprint density at radius 2 is 2.19 bits per heavy atom. The standard InChI is InChI=1S/C15H20N2O4/c1-15(20,6-3-7-18)9-17-10-16-13-5-4-11(21-2)8-12(13)14(17)19/h4-5,8,10,18,20H,3,6-7,9H2,1-2H3/t15-/m1/s1. The Balaban J connectivity index is 2.37. The topological polar surface area (TPSA) is 84.6 Å². The molecule has 1 atom stereocenters. The van der Waals surface area contributed by atoms with Gasteiger partial charge >= 0.3 is 0 Å². The van der Waals surface area contributed by atoms with Gasteiger partial charge in [-0.2, -0.15) is 0 Å². The Kier molecular flexibility index (Phi) is 4.59. The molecule has 0 amide bonds. The lowest BCUT2D eigenvalue weighted by atomic mass is 10.0. The lowest BCUT2D eigenvalue weighted by molar-refractivity contribution is 0.0257. The minimum absolute atomic E-state index is 0.0121. The predicted octanol–water partition coefficient (Wildman–Crippen LogP) is 0.929. The summed E-state index contributed by atoms with van der Waals surface area (Å²) < 4.78 is 6.51. The van der Waals surface area contributed by atoms with E-state index in [1.54, 1.807) is 25.1 Å². The summed E-state index contributed by atoms with van der Waals surface area (Å²) in [6, 6.07) is 5.12. The molecule has 0 radical (unpaired) electrons. The molecule has 2 aromatic rings. The van der Waals surface area contributed by atoms with E-state index in [-0.39, 0.29) is 18.7 Å². The van der Waals surface area contributed by atoms with Crippen molar-refractivity contribution in [2.45, 2.75) is 31.9 Å². The molecule has 1 aromatic heterocycles. The number of aromatic nitrogens is 2. The molecule has 6 nitrogen and oxygen atoms in total. The molecule has 0 unspecified atom stereocenters. The highest BCUT2D eigenvalue weighted by Crippen LogP contribution is 2.17. The van der Waals surface area contributed by atoms with Gasteiger partial charge in [-0.05, 0) is 38.0 Å². The normalized spacial score (nSPS) is 14.1. The highest BCUT2D eigenvalue weighted by Gasteiger charge is 2.21. The first-order valence-corrected chi connectivity index (χ1v) is 6.83. The van der Waals surface area contributed by atoms with E-state index >= 15 is 0 Å². The van der Waals surface area contributed by atoms with Gasteiger partial charge in [0, 0.05) is 6.61 Å². The van der Waals surface area contributed by atoms with Gasteiger partial charge in [0.05, 0.1) is 36.5 Å². The van der Waals surface area contributed by atoms with Crippen LogP contribution in [-0.2, 0) is 6.54 Å². The average Bonchev–Trinajstić information content (AvgIpc) is 2.48. The minimum atomic E-state index is -1.07. The SMILES string of the molecule is COc1ccc2ncn(C[C@](C)(O)CCCO)c(=O)c2c1. The molecule has 0 aliphatic heterocycles. The largest absolute Gasteiger partial charge is 0.497 e. The lowest BCUT2D eigenvalue weighted by Crippen LogP contribution is -2.35. The first kappa shape index (κ1) is 15.5. The van der Waals surface area contributed by atoms with Crippen molar-refractivity contribution in [3.8, 4) is 5.75 Å². The quantitative estimate of drug-likeness (QED) is 0.827. The summed E-state index contributed by atoms with van der Waals surface area (Å²) in [7, 11) is 1.54. The maximum absolute atomic E-state index is 12.5. The third kappa shape index (κ3) is 3.59. The molecule has 114 valence electrons. The summed E-state index contributed by atoms with van der Waals surface area (Å²) in [5, 5.41) is 19.6. The van der Waals surface area contributed by atoms with Crippen LogP contribution in [0, 0.1) is 0 Å². The van der Waals surface area contributed by atoms with Crippen LogP contribution in [0.15, 0.2) is 29.3 Å². The number of nitrogens with zero attached hydrogens (tertiary/aromatic N) is 2. The van der Waals surface area contributed by atoms with Crippen LogP contribution in [0.25, 0.3) is 10.9 Å². The number of hydrogen-bond donors (Lipinski definition) is 2. The number of ether oxygens (including phenoxy) is 1. The molecule has 0 aliphatic rings. The molecule has 0 saturated carbocycles. The molecule has 1 heterocycles. The molecule has 1 aromatic carbocycles. The fourth-order valence-electron chi connectivity index (χ4n) is 2.28. The fraction of sp³-hybridized carbons (Fsp3) is 0.467. The second-order valence-corrected chi connectivity index (χ2v) is 5.38. The zero-order chi connectivity index (χ0) is 15.5. The molecule has 0 fully saturated rings. The van der Waals surface area contributed by atoms with Crippen LogP contribution in [-0.4, -0.2) is 39.1 Å². The van der Waals surface area contributed by atoms with Gasteiger partial charge in [-0.25, -0.2) is 4.98 Å². The highest BCUT2D eigenvalue weighted by atomic mass is 16.5. The van der Waals surface area contributed by atoms with Gasteiger partial charge in [0.2, 0.25) is 0 Å². The van der Waals surface area contributed by atoms with Crippen LogP contribution < -0.4 is 10.3 Å². The van der Waals surface area contributed by atoms with Crippen molar-refractivity contribution in [3.05, 3.63) is 34.9 Å². The summed E-state index contributed by atoms with van der Waals surface area (Å²) in [4.78, 5) is 16.7. The zero-order valence-electron chi connectivity index (χ0n) is 12.2. The maximum Gasteiger partial charge on any atom is 0.261 e. The number of benzene rings is 1. The Hall–Kier alpha value is -1.92.